The maximum atomic E-state index is 12.7. The number of halogens is 1. The molecule has 0 bridgehead atoms. The molecule has 3 N–H and O–H groups in total. The number of amides is 3. The molecule has 3 heterocycles. The van der Waals surface area contributed by atoms with Crippen molar-refractivity contribution in [1.82, 2.24) is 15.2 Å². The number of aromatic nitrogens is 1. The van der Waals surface area contributed by atoms with E-state index in [4.69, 9.17) is 16.4 Å². The Hall–Kier alpha value is -2.64. The van der Waals surface area contributed by atoms with Crippen molar-refractivity contribution in [2.75, 3.05) is 24.1 Å². The fraction of sp³-hybridized carbons (Fsp3) is 0.333. The van der Waals surface area contributed by atoms with Crippen LogP contribution in [0.25, 0.3) is 0 Å². The van der Waals surface area contributed by atoms with Crippen LogP contribution in [-0.2, 0) is 24.0 Å². The van der Waals surface area contributed by atoms with Crippen molar-refractivity contribution in [1.29, 1.82) is 0 Å². The highest BCUT2D eigenvalue weighted by Crippen LogP contribution is 2.37. The number of rotatable bonds is 7. The van der Waals surface area contributed by atoms with Gasteiger partial charge in [0.1, 0.15) is 35.8 Å². The van der Waals surface area contributed by atoms with Gasteiger partial charge >= 0.3 is 5.97 Å². The molecule has 1 aromatic heterocycles. The minimum absolute atomic E-state index is 0.103. The Kier molecular flexibility index (Phi) is 6.39. The molecular weight excluding hydrogens is 446 g/mol. The quantitative estimate of drug-likeness (QED) is 0.224. The molecule has 1 saturated heterocycles. The molecule has 29 heavy (non-hydrogen) atoms. The molecule has 3 rings (SSSR count). The number of hydrogen-bond acceptors (Lipinski definition) is 9. The van der Waals surface area contributed by atoms with Gasteiger partial charge in [0, 0.05) is 11.1 Å². The van der Waals surface area contributed by atoms with Crippen LogP contribution in [0.4, 0.5) is 5.13 Å². The van der Waals surface area contributed by atoms with Crippen molar-refractivity contribution >= 4 is 69.2 Å². The minimum Gasteiger partial charge on any atom is -0.477 e. The number of carbonyl (C=O) groups is 4. The lowest BCUT2D eigenvalue weighted by atomic mass is 10.0. The summed E-state index contributed by atoms with van der Waals surface area (Å²) in [5, 5.41) is 19.0. The Morgan fingerprint density at radius 1 is 1.48 bits per heavy atom. The van der Waals surface area contributed by atoms with Crippen LogP contribution in [0.3, 0.4) is 0 Å². The van der Waals surface area contributed by atoms with E-state index < -0.39 is 35.1 Å². The number of carbonyl (C=O) groups excluding carboxylic acids is 3. The highest BCUT2D eigenvalue weighted by molar-refractivity contribution is 8.00. The number of aliphatic carboxylic acids is 1. The maximum absolute atomic E-state index is 12.7. The van der Waals surface area contributed by atoms with Gasteiger partial charge in [0.2, 0.25) is 5.91 Å². The summed E-state index contributed by atoms with van der Waals surface area (Å²) < 4.78 is 0. The molecule has 154 valence electrons. The van der Waals surface area contributed by atoms with Crippen LogP contribution < -0.4 is 10.6 Å². The highest BCUT2D eigenvalue weighted by atomic mass is 35.5. The fourth-order valence-corrected chi connectivity index (χ4v) is 4.61. The number of β-lactam (4-membered cyclic amide) rings is 1. The van der Waals surface area contributed by atoms with Gasteiger partial charge in [0.25, 0.3) is 11.8 Å². The zero-order valence-electron chi connectivity index (χ0n) is 14.7. The second-order valence-electron chi connectivity index (χ2n) is 5.62. The van der Waals surface area contributed by atoms with Crippen molar-refractivity contribution in [2.45, 2.75) is 11.4 Å². The van der Waals surface area contributed by atoms with Crippen molar-refractivity contribution in [2.24, 2.45) is 5.16 Å². The third-order valence-corrected chi connectivity index (χ3v) is 6.05. The van der Waals surface area contributed by atoms with E-state index in [0.717, 1.165) is 16.2 Å². The van der Waals surface area contributed by atoms with Crippen LogP contribution in [-0.4, -0.2) is 74.6 Å². The van der Waals surface area contributed by atoms with Gasteiger partial charge in [-0.3, -0.25) is 19.3 Å². The van der Waals surface area contributed by atoms with Gasteiger partial charge in [-0.1, -0.05) is 5.16 Å². The lowest BCUT2D eigenvalue weighted by Crippen LogP contribution is -2.70. The number of carboxylic acid groups (broad SMARTS) is 1. The highest BCUT2D eigenvalue weighted by Gasteiger charge is 2.53. The molecule has 0 spiro atoms. The van der Waals surface area contributed by atoms with Crippen LogP contribution in [0.2, 0.25) is 0 Å². The molecule has 1 fully saturated rings. The normalized spacial score (nSPS) is 20.9. The molecule has 11 nitrogen and oxygen atoms in total. The Morgan fingerprint density at radius 3 is 2.90 bits per heavy atom. The minimum atomic E-state index is -1.20. The smallest absolute Gasteiger partial charge is 0.352 e. The number of carboxylic acids is 1. The van der Waals surface area contributed by atoms with Crippen molar-refractivity contribution in [3.8, 4) is 0 Å². The summed E-state index contributed by atoms with van der Waals surface area (Å²) in [6.07, 6.45) is 1.45. The van der Waals surface area contributed by atoms with Crippen LogP contribution in [0.1, 0.15) is 5.69 Å². The summed E-state index contributed by atoms with van der Waals surface area (Å²) in [6.45, 7) is 0. The van der Waals surface area contributed by atoms with Gasteiger partial charge in [-0.15, -0.1) is 34.7 Å². The SMILES string of the molecule is CON=C(C(=O)N[C@@H]1C(=O)N2C(C(=O)O)=CCS[C@H]12)c1csc(NC(=O)CCl)n1. The second kappa shape index (κ2) is 8.80. The molecule has 0 saturated carbocycles. The third-order valence-electron chi connectivity index (χ3n) is 3.86. The molecule has 0 unspecified atom stereocenters. The Morgan fingerprint density at radius 2 is 2.24 bits per heavy atom. The first-order valence-electron chi connectivity index (χ1n) is 7.99. The van der Waals surface area contributed by atoms with E-state index in [2.05, 4.69) is 20.8 Å². The van der Waals surface area contributed by atoms with E-state index in [1.807, 2.05) is 0 Å². The molecule has 0 aliphatic carbocycles. The number of alkyl halides is 1. The summed E-state index contributed by atoms with van der Waals surface area (Å²) >= 11 is 7.81. The average Bonchev–Trinajstić information content (AvgIpc) is 3.16. The molecule has 2 atom stereocenters. The molecule has 1 aromatic rings. The standard InChI is InChI=1S/C15H14ClN5O6S2/c1-27-20-9(6-5-29-15(17-6)18-8(22)4-16)11(23)19-10-12(24)21-7(14(25)26)2-3-28-13(10)21/h2,5,10,13H,3-4H2,1H3,(H,19,23)(H,25,26)(H,17,18,22)/t10-,13-/m1/s1. The van der Waals surface area contributed by atoms with E-state index in [0.29, 0.717) is 5.75 Å². The van der Waals surface area contributed by atoms with E-state index in [9.17, 15) is 24.3 Å². The predicted molar refractivity (Wildman–Crippen MR) is 106 cm³/mol. The summed E-state index contributed by atoms with van der Waals surface area (Å²) in [4.78, 5) is 57.6. The monoisotopic (exact) mass is 459 g/mol. The number of fused-ring (bicyclic) bond motifs is 1. The first kappa shape index (κ1) is 21.1. The third kappa shape index (κ3) is 4.21. The first-order chi connectivity index (χ1) is 13.9. The van der Waals surface area contributed by atoms with Gasteiger partial charge in [-0.05, 0) is 6.08 Å². The zero-order chi connectivity index (χ0) is 21.1. The zero-order valence-corrected chi connectivity index (χ0v) is 17.1. The largest absolute Gasteiger partial charge is 0.477 e. The Balaban J connectivity index is 1.73. The van der Waals surface area contributed by atoms with Crippen LogP contribution in [0.5, 0.6) is 0 Å². The summed E-state index contributed by atoms with van der Waals surface area (Å²) in [6, 6.07) is -0.910. The van der Waals surface area contributed by atoms with Gasteiger partial charge in [0.05, 0.1) is 0 Å². The van der Waals surface area contributed by atoms with Gasteiger partial charge in [-0.2, -0.15) is 0 Å². The molecule has 14 heteroatoms. The van der Waals surface area contributed by atoms with Gasteiger partial charge < -0.3 is 20.6 Å². The van der Waals surface area contributed by atoms with E-state index in [1.54, 1.807) is 0 Å². The lowest BCUT2D eigenvalue weighted by Gasteiger charge is -2.48. The molecule has 3 amide bonds. The summed E-state index contributed by atoms with van der Waals surface area (Å²) in [5.41, 5.74) is -0.171. The Bertz CT molecular complexity index is 932. The number of thiazole rings is 1. The van der Waals surface area contributed by atoms with Crippen LogP contribution >= 0.6 is 34.7 Å². The summed E-state index contributed by atoms with van der Waals surface area (Å²) in [7, 11) is 1.24. The predicted octanol–water partition coefficient (Wildman–Crippen LogP) is 0.0393. The number of thioether (sulfide) groups is 1. The molecule has 2 aliphatic rings. The van der Waals surface area contributed by atoms with E-state index in [1.165, 1.54) is 30.3 Å². The van der Waals surface area contributed by atoms with Gasteiger partial charge in [0.15, 0.2) is 10.8 Å². The molecule has 0 aromatic carbocycles. The lowest BCUT2D eigenvalue weighted by molar-refractivity contribution is -0.150. The first-order valence-corrected chi connectivity index (χ1v) is 10.5. The number of hydrogen-bond donors (Lipinski definition) is 3. The topological polar surface area (TPSA) is 150 Å². The number of nitrogens with zero attached hydrogens (tertiary/aromatic N) is 3. The van der Waals surface area contributed by atoms with Crippen molar-refractivity contribution in [3.63, 3.8) is 0 Å². The number of nitrogens with one attached hydrogen (secondary N) is 2. The average molecular weight is 460 g/mol. The Labute approximate surface area is 177 Å². The molecule has 0 radical (unpaired) electrons. The van der Waals surface area contributed by atoms with E-state index >= 15 is 0 Å². The molecular formula is C15H14ClN5O6S2. The van der Waals surface area contributed by atoms with Crippen molar-refractivity contribution < 1.29 is 29.1 Å². The summed E-state index contributed by atoms with van der Waals surface area (Å²) in [5.74, 6) is -2.77. The van der Waals surface area contributed by atoms with E-state index in [-0.39, 0.29) is 28.1 Å². The fourth-order valence-electron chi connectivity index (χ4n) is 2.64. The maximum Gasteiger partial charge on any atom is 0.352 e. The van der Waals surface area contributed by atoms with Crippen molar-refractivity contribution in [3.05, 3.63) is 22.8 Å². The number of anilines is 1. The molecule has 2 aliphatic heterocycles. The van der Waals surface area contributed by atoms with Crippen LogP contribution in [0, 0.1) is 0 Å². The van der Waals surface area contributed by atoms with Crippen LogP contribution in [0.15, 0.2) is 22.3 Å². The van der Waals surface area contributed by atoms with Gasteiger partial charge in [-0.25, -0.2) is 9.78 Å². The second-order valence-corrected chi connectivity index (χ2v) is 7.89. The number of oxime groups is 1.